The molecule has 1 saturated carbocycles. The maximum Gasteiger partial charge on any atom is 0.280 e. The van der Waals surface area contributed by atoms with E-state index in [1.807, 2.05) is 0 Å². The van der Waals surface area contributed by atoms with Gasteiger partial charge in [-0.15, -0.1) is 0 Å². The monoisotopic (exact) mass is 601 g/mol. The molecule has 3 fully saturated rings. The summed E-state index contributed by atoms with van der Waals surface area (Å²) in [5.41, 5.74) is -0.0444. The highest BCUT2D eigenvalue weighted by Crippen LogP contribution is 2.40. The first-order valence-electron chi connectivity index (χ1n) is 13.3. The lowest BCUT2D eigenvalue weighted by molar-refractivity contribution is -0.340. The Bertz CT molecular complexity index is 1320. The molecule has 0 bridgehead atoms. The summed E-state index contributed by atoms with van der Waals surface area (Å²) < 4.78 is 18.0. The number of anilines is 1. The summed E-state index contributed by atoms with van der Waals surface area (Å²) in [5.74, 6) is -0.758. The normalized spacial score (nSPS) is 41.0. The Morgan fingerprint density at radius 3 is 2.33 bits per heavy atom. The van der Waals surface area contributed by atoms with Crippen LogP contribution in [0.25, 0.3) is 11.2 Å². The first kappa shape index (κ1) is 30.9. The van der Waals surface area contributed by atoms with Crippen LogP contribution < -0.4 is 10.9 Å². The second-order valence-corrected chi connectivity index (χ2v) is 10.6. The average Bonchev–Trinajstić information content (AvgIpc) is 3.52. The molecule has 18 heteroatoms. The number of rotatable bonds is 8. The van der Waals surface area contributed by atoms with Crippen molar-refractivity contribution < 1.29 is 60.2 Å². The first-order valence-corrected chi connectivity index (χ1v) is 13.3. The fourth-order valence-electron chi connectivity index (χ4n) is 5.64. The van der Waals surface area contributed by atoms with Crippen LogP contribution in [-0.4, -0.2) is 153 Å². The molecule has 0 spiro atoms. The molecule has 11 N–H and O–H groups in total. The smallest absolute Gasteiger partial charge is 0.280 e. The highest BCUT2D eigenvalue weighted by atomic mass is 16.7. The molecule has 2 aromatic heterocycles. The molecule has 13 atom stereocenters. The molecule has 3 aliphatic rings. The predicted molar refractivity (Wildman–Crippen MR) is 138 cm³/mol. The highest BCUT2D eigenvalue weighted by Gasteiger charge is 2.50. The third-order valence-electron chi connectivity index (χ3n) is 8.08. The van der Waals surface area contributed by atoms with Gasteiger partial charge < -0.3 is 70.1 Å². The molecule has 234 valence electrons. The van der Waals surface area contributed by atoms with Gasteiger partial charge in [0.1, 0.15) is 48.8 Å². The Morgan fingerprint density at radius 1 is 0.976 bits per heavy atom. The van der Waals surface area contributed by atoms with Gasteiger partial charge in [-0.1, -0.05) is 6.58 Å². The van der Waals surface area contributed by atoms with E-state index in [4.69, 9.17) is 14.2 Å². The zero-order chi connectivity index (χ0) is 30.5. The zero-order valence-corrected chi connectivity index (χ0v) is 22.1. The molecule has 0 radical (unpaired) electrons. The van der Waals surface area contributed by atoms with Crippen molar-refractivity contribution in [3.05, 3.63) is 28.8 Å². The van der Waals surface area contributed by atoms with Crippen molar-refractivity contribution in [1.29, 1.82) is 0 Å². The molecule has 2 saturated heterocycles. The molecule has 42 heavy (non-hydrogen) atoms. The van der Waals surface area contributed by atoms with Crippen LogP contribution in [0, 0.1) is 5.92 Å². The number of fused-ring (bicyclic) bond motifs is 1. The number of hydrogen-bond donors (Lipinski definition) is 11. The van der Waals surface area contributed by atoms with E-state index in [9.17, 15) is 50.8 Å². The maximum absolute atomic E-state index is 12.8. The quantitative estimate of drug-likeness (QED) is 0.126. The van der Waals surface area contributed by atoms with Crippen LogP contribution in [0.5, 0.6) is 0 Å². The lowest BCUT2D eigenvalue weighted by Gasteiger charge is -2.46. The summed E-state index contributed by atoms with van der Waals surface area (Å²) in [6.07, 6.45) is -15.3. The van der Waals surface area contributed by atoms with Gasteiger partial charge in [-0.05, 0) is 12.0 Å². The Morgan fingerprint density at radius 2 is 1.69 bits per heavy atom. The minimum Gasteiger partial charge on any atom is -0.396 e. The van der Waals surface area contributed by atoms with E-state index in [0.29, 0.717) is 5.57 Å². The summed E-state index contributed by atoms with van der Waals surface area (Å²) in [6.45, 7) is 2.18. The zero-order valence-electron chi connectivity index (χ0n) is 22.1. The summed E-state index contributed by atoms with van der Waals surface area (Å²) in [6, 6.07) is -0.512. The van der Waals surface area contributed by atoms with E-state index in [1.165, 1.54) is 10.9 Å². The number of aliphatic hydroxyl groups is 9. The lowest BCUT2D eigenvalue weighted by atomic mass is 9.96. The summed E-state index contributed by atoms with van der Waals surface area (Å²) in [5, 5.41) is 93.9. The third kappa shape index (κ3) is 5.34. The highest BCUT2D eigenvalue weighted by molar-refractivity contribution is 5.71. The fourth-order valence-corrected chi connectivity index (χ4v) is 5.64. The van der Waals surface area contributed by atoms with E-state index in [2.05, 4.69) is 26.8 Å². The van der Waals surface area contributed by atoms with E-state index < -0.39 is 98.2 Å². The number of aliphatic hydroxyl groups excluding tert-OH is 9. The molecule has 2 aromatic rings. The van der Waals surface area contributed by atoms with Crippen molar-refractivity contribution in [2.75, 3.05) is 25.1 Å². The summed E-state index contributed by atoms with van der Waals surface area (Å²) in [7, 11) is 0. The van der Waals surface area contributed by atoms with Crippen LogP contribution in [0.3, 0.4) is 0 Å². The van der Waals surface area contributed by atoms with Gasteiger partial charge in [0.25, 0.3) is 5.56 Å². The number of nitrogens with zero attached hydrogens (tertiary/aromatic N) is 3. The van der Waals surface area contributed by atoms with Crippen LogP contribution in [0.2, 0.25) is 0 Å². The number of nitrogens with one attached hydrogen (secondary N) is 2. The third-order valence-corrected chi connectivity index (χ3v) is 8.08. The number of ether oxygens (including phenoxy) is 3. The maximum atomic E-state index is 12.8. The van der Waals surface area contributed by atoms with Crippen molar-refractivity contribution in [3.63, 3.8) is 0 Å². The summed E-state index contributed by atoms with van der Waals surface area (Å²) >= 11 is 0. The van der Waals surface area contributed by atoms with Crippen LogP contribution in [0.15, 0.2) is 23.3 Å². The number of imidazole rings is 1. The van der Waals surface area contributed by atoms with Crippen molar-refractivity contribution in [2.24, 2.45) is 5.92 Å². The summed E-state index contributed by atoms with van der Waals surface area (Å²) in [4.78, 5) is 23.7. The standard InChI is InChI=1S/C24H35N5O13/c1-7-8(3-30)10(33)2-9(7)29-6-25-13-20(29)26-24(27-21(13)39)28-22-17(37)16(36)19(12(5-32)40-22)42-23-18(38)15(35)14(34)11(4-31)41-23/h6,8-12,14-19,22-23,30-38H,1-5H2,(H2,26,27,28,39)/t8-,9?,10-,11+,12+,14+,15-,16+,17+,18+,19+,22-,23+/m0/s1. The van der Waals surface area contributed by atoms with Crippen LogP contribution in [0.1, 0.15) is 12.5 Å². The largest absolute Gasteiger partial charge is 0.396 e. The predicted octanol–water partition coefficient (Wildman–Crippen LogP) is -5.37. The van der Waals surface area contributed by atoms with E-state index in [0.717, 1.165) is 0 Å². The minimum absolute atomic E-state index is 0.0262. The van der Waals surface area contributed by atoms with Gasteiger partial charge in [0.15, 0.2) is 23.7 Å². The second kappa shape index (κ2) is 12.2. The van der Waals surface area contributed by atoms with Crippen LogP contribution in [0.4, 0.5) is 5.95 Å². The molecule has 1 aliphatic carbocycles. The van der Waals surface area contributed by atoms with Gasteiger partial charge in [-0.2, -0.15) is 4.98 Å². The molecule has 1 unspecified atom stereocenters. The number of aromatic amines is 1. The van der Waals surface area contributed by atoms with Crippen molar-refractivity contribution >= 4 is 17.1 Å². The Balaban J connectivity index is 1.35. The van der Waals surface area contributed by atoms with Gasteiger partial charge in [0.05, 0.1) is 38.3 Å². The van der Waals surface area contributed by atoms with E-state index >= 15 is 0 Å². The number of aromatic nitrogens is 4. The molecular formula is C24H35N5O13. The van der Waals surface area contributed by atoms with Gasteiger partial charge in [-0.3, -0.25) is 9.78 Å². The Hall–Kier alpha value is -2.59. The molecular weight excluding hydrogens is 566 g/mol. The minimum atomic E-state index is -1.81. The molecule has 0 aromatic carbocycles. The van der Waals surface area contributed by atoms with Crippen molar-refractivity contribution in [3.8, 4) is 0 Å². The fraction of sp³-hybridized carbons (Fsp3) is 0.708. The van der Waals surface area contributed by atoms with Crippen LogP contribution >= 0.6 is 0 Å². The average molecular weight is 602 g/mol. The first-order chi connectivity index (χ1) is 20.0. The molecule has 18 nitrogen and oxygen atoms in total. The van der Waals surface area contributed by atoms with Gasteiger partial charge in [0, 0.05) is 5.92 Å². The van der Waals surface area contributed by atoms with Crippen molar-refractivity contribution in [2.45, 2.75) is 79.9 Å². The number of H-pyrrole nitrogens is 1. The van der Waals surface area contributed by atoms with Gasteiger partial charge in [0.2, 0.25) is 5.95 Å². The molecule has 2 aliphatic heterocycles. The lowest BCUT2D eigenvalue weighted by Crippen LogP contribution is -2.65. The van der Waals surface area contributed by atoms with E-state index in [-0.39, 0.29) is 30.1 Å². The molecule has 0 amide bonds. The van der Waals surface area contributed by atoms with E-state index in [1.54, 1.807) is 0 Å². The second-order valence-electron chi connectivity index (χ2n) is 10.6. The van der Waals surface area contributed by atoms with Crippen LogP contribution in [-0.2, 0) is 14.2 Å². The van der Waals surface area contributed by atoms with Gasteiger partial charge >= 0.3 is 0 Å². The Kier molecular flexibility index (Phi) is 8.95. The topological polar surface area (TPSA) is 285 Å². The number of hydrogen-bond acceptors (Lipinski definition) is 16. The van der Waals surface area contributed by atoms with Gasteiger partial charge in [-0.25, -0.2) is 4.98 Å². The SMILES string of the molecule is C=C1C(n2cnc3c(=O)[nH]c(N[C@H]4O[C@H](CO)[C@@H](O[C@H]5O[C@H](CO)[C@@H](O)[C@H](O)[C@H]5O)[C@H](O)[C@H]4O)nc32)C[C@H](O)[C@H]1CO. The molecule has 4 heterocycles. The Labute approximate surface area is 237 Å². The van der Waals surface area contributed by atoms with Crippen molar-refractivity contribution in [1.82, 2.24) is 19.5 Å². The molecule has 5 rings (SSSR count).